The molecule has 2 N–H and O–H groups in total. The van der Waals surface area contributed by atoms with Crippen LogP contribution in [0.3, 0.4) is 0 Å². The lowest BCUT2D eigenvalue weighted by Gasteiger charge is -2.26. The molecule has 0 saturated carbocycles. The number of nitrogens with one attached hydrogen (secondary N) is 2. The maximum Gasteiger partial charge on any atom is 0.257 e. The molecule has 1 heterocycles. The van der Waals surface area contributed by atoms with E-state index in [-0.39, 0.29) is 12.5 Å². The third-order valence-corrected chi connectivity index (χ3v) is 3.28. The molecule has 104 valence electrons. The van der Waals surface area contributed by atoms with Gasteiger partial charge in [-0.1, -0.05) is 19.1 Å². The second-order valence-electron chi connectivity index (χ2n) is 5.01. The Hall–Kier alpha value is -1.71. The van der Waals surface area contributed by atoms with E-state index in [0.717, 1.165) is 30.7 Å². The van der Waals surface area contributed by atoms with Crippen LogP contribution in [0.4, 0.5) is 5.69 Å². The molecule has 0 saturated heterocycles. The van der Waals surface area contributed by atoms with Gasteiger partial charge < -0.3 is 15.4 Å². The third-order valence-electron chi connectivity index (χ3n) is 3.28. The fraction of sp³-hybridized carbons (Fsp3) is 0.533. The zero-order chi connectivity index (χ0) is 13.7. The number of hydrogen-bond acceptors (Lipinski definition) is 3. The Kier molecular flexibility index (Phi) is 4.66. The predicted octanol–water partition coefficient (Wildman–Crippen LogP) is 2.34. The number of aryl methyl sites for hydroxylation is 1. The first kappa shape index (κ1) is 13.7. The minimum Gasteiger partial charge on any atom is -0.482 e. The van der Waals surface area contributed by atoms with E-state index < -0.39 is 0 Å². The molecule has 0 aromatic heterocycles. The number of anilines is 1. The maximum atomic E-state index is 11.6. The Morgan fingerprint density at radius 1 is 1.53 bits per heavy atom. The van der Waals surface area contributed by atoms with E-state index in [1.54, 1.807) is 0 Å². The smallest absolute Gasteiger partial charge is 0.257 e. The van der Waals surface area contributed by atoms with Gasteiger partial charge in [0.25, 0.3) is 5.91 Å². The molecule has 1 aliphatic heterocycles. The van der Waals surface area contributed by atoms with Crippen molar-refractivity contribution in [2.75, 3.05) is 18.5 Å². The molecule has 2 rings (SSSR count). The third kappa shape index (κ3) is 3.63. The number of ether oxygens (including phenoxy) is 1. The van der Waals surface area contributed by atoms with Crippen LogP contribution in [0.1, 0.15) is 32.3 Å². The summed E-state index contributed by atoms with van der Waals surface area (Å²) in [5, 5.41) is 6.25. The number of rotatable bonds is 5. The fourth-order valence-electron chi connectivity index (χ4n) is 2.22. The Labute approximate surface area is 114 Å². The van der Waals surface area contributed by atoms with Gasteiger partial charge in [0.15, 0.2) is 6.61 Å². The molecule has 0 fully saturated rings. The Morgan fingerprint density at radius 2 is 2.37 bits per heavy atom. The largest absolute Gasteiger partial charge is 0.482 e. The Balaban J connectivity index is 1.99. The first-order chi connectivity index (χ1) is 9.20. The highest BCUT2D eigenvalue weighted by molar-refractivity contribution is 5.78. The van der Waals surface area contributed by atoms with Crippen molar-refractivity contribution in [3.05, 3.63) is 23.8 Å². The summed E-state index contributed by atoms with van der Waals surface area (Å²) in [6.45, 7) is 4.96. The standard InChI is InChI=1S/C15H22N2O2/c1-3-9-16-14(18)10-19-13-6-4-5-12-8-7-11(2)17-15(12)13/h4-6,11,17H,3,7-10H2,1-2H3,(H,16,18). The molecule has 4 heteroatoms. The zero-order valence-corrected chi connectivity index (χ0v) is 11.7. The van der Waals surface area contributed by atoms with Gasteiger partial charge in [-0.15, -0.1) is 0 Å². The summed E-state index contributed by atoms with van der Waals surface area (Å²) in [6.07, 6.45) is 3.13. The summed E-state index contributed by atoms with van der Waals surface area (Å²) in [6, 6.07) is 6.46. The van der Waals surface area contributed by atoms with Crippen molar-refractivity contribution in [3.8, 4) is 5.75 Å². The van der Waals surface area contributed by atoms with Crippen LogP contribution >= 0.6 is 0 Å². The van der Waals surface area contributed by atoms with Crippen molar-refractivity contribution in [2.24, 2.45) is 0 Å². The van der Waals surface area contributed by atoms with Crippen molar-refractivity contribution >= 4 is 11.6 Å². The highest BCUT2D eigenvalue weighted by atomic mass is 16.5. The lowest BCUT2D eigenvalue weighted by Crippen LogP contribution is -2.30. The SMILES string of the molecule is CCCNC(=O)COc1cccc2c1NC(C)CC2. The van der Waals surface area contributed by atoms with Crippen molar-refractivity contribution in [3.63, 3.8) is 0 Å². The average Bonchev–Trinajstić information content (AvgIpc) is 2.42. The van der Waals surface area contributed by atoms with Crippen molar-refractivity contribution in [2.45, 2.75) is 39.2 Å². The number of fused-ring (bicyclic) bond motifs is 1. The summed E-state index contributed by atoms with van der Waals surface area (Å²) in [7, 11) is 0. The molecule has 1 aromatic carbocycles. The van der Waals surface area contributed by atoms with Crippen LogP contribution in [0.2, 0.25) is 0 Å². The second kappa shape index (κ2) is 6.45. The molecule has 1 aromatic rings. The molecule has 19 heavy (non-hydrogen) atoms. The predicted molar refractivity (Wildman–Crippen MR) is 76.6 cm³/mol. The van der Waals surface area contributed by atoms with Gasteiger partial charge in [0, 0.05) is 12.6 Å². The average molecular weight is 262 g/mol. The number of carbonyl (C=O) groups is 1. The Bertz CT molecular complexity index is 446. The topological polar surface area (TPSA) is 50.4 Å². The van der Waals surface area contributed by atoms with Crippen molar-refractivity contribution in [1.29, 1.82) is 0 Å². The van der Waals surface area contributed by atoms with Gasteiger partial charge in [0.2, 0.25) is 0 Å². The first-order valence-electron chi connectivity index (χ1n) is 6.98. The number of amides is 1. The van der Waals surface area contributed by atoms with E-state index in [4.69, 9.17) is 4.74 Å². The van der Waals surface area contributed by atoms with Gasteiger partial charge in [-0.3, -0.25) is 4.79 Å². The molecule has 0 spiro atoms. The zero-order valence-electron chi connectivity index (χ0n) is 11.7. The lowest BCUT2D eigenvalue weighted by molar-refractivity contribution is -0.123. The lowest BCUT2D eigenvalue weighted by atomic mass is 9.98. The first-order valence-corrected chi connectivity index (χ1v) is 6.98. The number of para-hydroxylation sites is 1. The monoisotopic (exact) mass is 262 g/mol. The number of hydrogen-bond donors (Lipinski definition) is 2. The highest BCUT2D eigenvalue weighted by Gasteiger charge is 2.18. The molecule has 4 nitrogen and oxygen atoms in total. The number of carbonyl (C=O) groups excluding carboxylic acids is 1. The molecule has 0 bridgehead atoms. The molecule has 1 unspecified atom stereocenters. The van der Waals surface area contributed by atoms with E-state index in [2.05, 4.69) is 23.6 Å². The minimum absolute atomic E-state index is 0.0664. The van der Waals surface area contributed by atoms with Gasteiger partial charge in [0.05, 0.1) is 5.69 Å². The van der Waals surface area contributed by atoms with E-state index >= 15 is 0 Å². The molecular weight excluding hydrogens is 240 g/mol. The summed E-state index contributed by atoms with van der Waals surface area (Å²) in [5.74, 6) is 0.707. The van der Waals surface area contributed by atoms with Gasteiger partial charge in [-0.05, 0) is 37.8 Å². The summed E-state index contributed by atoms with van der Waals surface area (Å²) in [5.41, 5.74) is 2.31. The second-order valence-corrected chi connectivity index (χ2v) is 5.01. The minimum atomic E-state index is -0.0664. The van der Waals surface area contributed by atoms with Crippen LogP contribution in [0.15, 0.2) is 18.2 Å². The molecule has 1 amide bonds. The van der Waals surface area contributed by atoms with Crippen molar-refractivity contribution < 1.29 is 9.53 Å². The quantitative estimate of drug-likeness (QED) is 0.856. The normalized spacial score (nSPS) is 17.3. The van der Waals surface area contributed by atoms with E-state index in [1.165, 1.54) is 5.56 Å². The molecule has 1 aliphatic rings. The summed E-state index contributed by atoms with van der Waals surface area (Å²) < 4.78 is 5.64. The number of benzene rings is 1. The van der Waals surface area contributed by atoms with Gasteiger partial charge in [-0.2, -0.15) is 0 Å². The van der Waals surface area contributed by atoms with Gasteiger partial charge in [0.1, 0.15) is 5.75 Å². The van der Waals surface area contributed by atoms with E-state index in [9.17, 15) is 4.79 Å². The van der Waals surface area contributed by atoms with E-state index in [1.807, 2.05) is 19.1 Å². The van der Waals surface area contributed by atoms with Crippen LogP contribution in [0.25, 0.3) is 0 Å². The van der Waals surface area contributed by atoms with Gasteiger partial charge in [-0.25, -0.2) is 0 Å². The highest BCUT2D eigenvalue weighted by Crippen LogP contribution is 2.33. The Morgan fingerprint density at radius 3 is 3.16 bits per heavy atom. The van der Waals surface area contributed by atoms with Crippen LogP contribution < -0.4 is 15.4 Å². The molecular formula is C15H22N2O2. The van der Waals surface area contributed by atoms with Crippen molar-refractivity contribution in [1.82, 2.24) is 5.32 Å². The maximum absolute atomic E-state index is 11.6. The molecule has 1 atom stereocenters. The summed E-state index contributed by atoms with van der Waals surface area (Å²) >= 11 is 0. The van der Waals surface area contributed by atoms with Crippen LogP contribution in [0, 0.1) is 0 Å². The summed E-state index contributed by atoms with van der Waals surface area (Å²) in [4.78, 5) is 11.6. The van der Waals surface area contributed by atoms with E-state index in [0.29, 0.717) is 12.6 Å². The van der Waals surface area contributed by atoms with Gasteiger partial charge >= 0.3 is 0 Å². The van der Waals surface area contributed by atoms with Crippen LogP contribution in [0.5, 0.6) is 5.75 Å². The van der Waals surface area contributed by atoms with Crippen LogP contribution in [-0.2, 0) is 11.2 Å². The molecule has 0 radical (unpaired) electrons. The van der Waals surface area contributed by atoms with Crippen LogP contribution in [-0.4, -0.2) is 25.1 Å². The fourth-order valence-corrected chi connectivity index (χ4v) is 2.22. The molecule has 0 aliphatic carbocycles.